The number of amides is 1. The molecule has 19 heavy (non-hydrogen) atoms. The highest BCUT2D eigenvalue weighted by molar-refractivity contribution is 5.77. The second-order valence-corrected chi connectivity index (χ2v) is 5.87. The SMILES string of the molecule is CCN(C(=O)CC1CCCO1)C1CCCCC1CN. The first-order valence-corrected chi connectivity index (χ1v) is 7.87. The summed E-state index contributed by atoms with van der Waals surface area (Å²) in [6.45, 7) is 4.40. The quantitative estimate of drug-likeness (QED) is 0.829. The minimum atomic E-state index is 0.154. The monoisotopic (exact) mass is 268 g/mol. The Labute approximate surface area is 116 Å². The van der Waals surface area contributed by atoms with Gasteiger partial charge in [-0.3, -0.25) is 4.79 Å². The molecule has 2 rings (SSSR count). The van der Waals surface area contributed by atoms with Crippen LogP contribution in [-0.2, 0) is 9.53 Å². The molecule has 0 aromatic rings. The van der Waals surface area contributed by atoms with Gasteiger partial charge in [0.2, 0.25) is 5.91 Å². The van der Waals surface area contributed by atoms with E-state index in [1.54, 1.807) is 0 Å². The van der Waals surface area contributed by atoms with Crippen molar-refractivity contribution in [2.24, 2.45) is 11.7 Å². The molecule has 4 nitrogen and oxygen atoms in total. The minimum Gasteiger partial charge on any atom is -0.378 e. The number of ether oxygens (including phenoxy) is 1. The van der Waals surface area contributed by atoms with Crippen LogP contribution in [0, 0.1) is 5.92 Å². The molecule has 0 bridgehead atoms. The van der Waals surface area contributed by atoms with Crippen LogP contribution in [0.15, 0.2) is 0 Å². The summed E-state index contributed by atoms with van der Waals surface area (Å²) in [6, 6.07) is 0.359. The highest BCUT2D eigenvalue weighted by Gasteiger charge is 2.32. The van der Waals surface area contributed by atoms with E-state index in [0.29, 0.717) is 24.9 Å². The fourth-order valence-corrected chi connectivity index (χ4v) is 3.59. The molecule has 1 saturated heterocycles. The largest absolute Gasteiger partial charge is 0.378 e. The summed E-state index contributed by atoms with van der Waals surface area (Å²) in [5.41, 5.74) is 5.89. The summed E-state index contributed by atoms with van der Waals surface area (Å²) in [6.07, 6.45) is 7.62. The molecular formula is C15H28N2O2. The molecule has 0 aromatic carbocycles. The molecule has 0 aromatic heterocycles. The van der Waals surface area contributed by atoms with Crippen molar-refractivity contribution in [3.05, 3.63) is 0 Å². The van der Waals surface area contributed by atoms with Crippen LogP contribution in [0.3, 0.4) is 0 Å². The maximum absolute atomic E-state index is 12.5. The summed E-state index contributed by atoms with van der Waals surface area (Å²) in [4.78, 5) is 14.6. The van der Waals surface area contributed by atoms with Gasteiger partial charge in [-0.2, -0.15) is 0 Å². The van der Waals surface area contributed by atoms with Crippen molar-refractivity contribution in [2.45, 2.75) is 64.0 Å². The first-order chi connectivity index (χ1) is 9.26. The third-order valence-corrected chi connectivity index (χ3v) is 4.66. The Bertz CT molecular complexity index is 290. The van der Waals surface area contributed by atoms with Gasteiger partial charge < -0.3 is 15.4 Å². The van der Waals surface area contributed by atoms with Gasteiger partial charge in [-0.15, -0.1) is 0 Å². The van der Waals surface area contributed by atoms with Gasteiger partial charge in [-0.1, -0.05) is 12.8 Å². The van der Waals surface area contributed by atoms with Gasteiger partial charge in [0.1, 0.15) is 0 Å². The van der Waals surface area contributed by atoms with Crippen LogP contribution in [-0.4, -0.2) is 42.6 Å². The standard InChI is InChI=1S/C15H28N2O2/c1-2-17(14-8-4-3-6-12(14)11-16)15(18)10-13-7-5-9-19-13/h12-14H,2-11,16H2,1H3. The second-order valence-electron chi connectivity index (χ2n) is 5.87. The van der Waals surface area contributed by atoms with Gasteiger partial charge in [-0.25, -0.2) is 0 Å². The third kappa shape index (κ3) is 3.69. The van der Waals surface area contributed by atoms with Crippen molar-refractivity contribution in [3.8, 4) is 0 Å². The maximum atomic E-state index is 12.5. The first-order valence-electron chi connectivity index (χ1n) is 7.87. The van der Waals surface area contributed by atoms with Crippen LogP contribution in [0.1, 0.15) is 51.9 Å². The lowest BCUT2D eigenvalue weighted by Crippen LogP contribution is -2.48. The highest BCUT2D eigenvalue weighted by atomic mass is 16.5. The Morgan fingerprint density at radius 3 is 2.68 bits per heavy atom. The lowest BCUT2D eigenvalue weighted by molar-refractivity contribution is -0.137. The van der Waals surface area contributed by atoms with E-state index in [1.807, 2.05) is 0 Å². The molecule has 2 fully saturated rings. The van der Waals surface area contributed by atoms with Crippen molar-refractivity contribution in [1.29, 1.82) is 0 Å². The predicted molar refractivity (Wildman–Crippen MR) is 75.8 cm³/mol. The summed E-state index contributed by atoms with van der Waals surface area (Å²) in [7, 11) is 0. The third-order valence-electron chi connectivity index (χ3n) is 4.66. The Balaban J connectivity index is 1.94. The van der Waals surface area contributed by atoms with Crippen molar-refractivity contribution in [2.75, 3.05) is 19.7 Å². The number of nitrogens with zero attached hydrogens (tertiary/aromatic N) is 1. The Kier molecular flexibility index (Phi) is 5.64. The zero-order chi connectivity index (χ0) is 13.7. The van der Waals surface area contributed by atoms with E-state index in [2.05, 4.69) is 11.8 Å². The zero-order valence-corrected chi connectivity index (χ0v) is 12.1. The molecule has 1 amide bonds. The van der Waals surface area contributed by atoms with Crippen LogP contribution in [0.25, 0.3) is 0 Å². The van der Waals surface area contributed by atoms with E-state index in [9.17, 15) is 4.79 Å². The summed E-state index contributed by atoms with van der Waals surface area (Å²) >= 11 is 0. The normalized spacial score (nSPS) is 31.4. The van der Waals surface area contributed by atoms with E-state index >= 15 is 0 Å². The van der Waals surface area contributed by atoms with Gasteiger partial charge in [0.15, 0.2) is 0 Å². The lowest BCUT2D eigenvalue weighted by Gasteiger charge is -2.39. The summed E-state index contributed by atoms with van der Waals surface area (Å²) < 4.78 is 5.59. The Morgan fingerprint density at radius 1 is 1.26 bits per heavy atom. The number of carbonyl (C=O) groups excluding carboxylic acids is 1. The molecule has 110 valence electrons. The number of nitrogens with two attached hydrogens (primary N) is 1. The Hall–Kier alpha value is -0.610. The van der Waals surface area contributed by atoms with Crippen LogP contribution in [0.5, 0.6) is 0 Å². The van der Waals surface area contributed by atoms with E-state index in [0.717, 1.165) is 32.4 Å². The van der Waals surface area contributed by atoms with Crippen LogP contribution in [0.2, 0.25) is 0 Å². The molecule has 0 radical (unpaired) electrons. The minimum absolute atomic E-state index is 0.154. The summed E-state index contributed by atoms with van der Waals surface area (Å²) in [5, 5.41) is 0. The van der Waals surface area contributed by atoms with Gasteiger partial charge in [0, 0.05) is 19.2 Å². The van der Waals surface area contributed by atoms with Crippen LogP contribution >= 0.6 is 0 Å². The van der Waals surface area contributed by atoms with E-state index in [1.165, 1.54) is 19.3 Å². The molecule has 2 N–H and O–H groups in total. The number of hydrogen-bond acceptors (Lipinski definition) is 3. The average Bonchev–Trinajstić information content (AvgIpc) is 2.93. The first kappa shape index (κ1) is 14.8. The number of carbonyl (C=O) groups is 1. The molecule has 2 aliphatic rings. The smallest absolute Gasteiger partial charge is 0.225 e. The fourth-order valence-electron chi connectivity index (χ4n) is 3.59. The molecule has 0 spiro atoms. The van der Waals surface area contributed by atoms with Gasteiger partial charge in [0.05, 0.1) is 12.5 Å². The maximum Gasteiger partial charge on any atom is 0.225 e. The van der Waals surface area contributed by atoms with Crippen molar-refractivity contribution >= 4 is 5.91 Å². The molecule has 3 atom stereocenters. The zero-order valence-electron chi connectivity index (χ0n) is 12.1. The van der Waals surface area contributed by atoms with Gasteiger partial charge >= 0.3 is 0 Å². The van der Waals surface area contributed by atoms with Crippen LogP contribution in [0.4, 0.5) is 0 Å². The summed E-state index contributed by atoms with van der Waals surface area (Å²) in [5.74, 6) is 0.752. The topological polar surface area (TPSA) is 55.6 Å². The van der Waals surface area contributed by atoms with E-state index < -0.39 is 0 Å². The van der Waals surface area contributed by atoms with Crippen LogP contribution < -0.4 is 5.73 Å². The molecule has 1 aliphatic heterocycles. The Morgan fingerprint density at radius 2 is 2.05 bits per heavy atom. The highest BCUT2D eigenvalue weighted by Crippen LogP contribution is 2.29. The van der Waals surface area contributed by atoms with Gasteiger partial charge in [-0.05, 0) is 45.1 Å². The number of rotatable bonds is 5. The fraction of sp³-hybridized carbons (Fsp3) is 0.933. The molecular weight excluding hydrogens is 240 g/mol. The lowest BCUT2D eigenvalue weighted by atomic mass is 9.83. The molecule has 4 heteroatoms. The van der Waals surface area contributed by atoms with E-state index in [-0.39, 0.29) is 12.0 Å². The average molecular weight is 268 g/mol. The molecule has 1 saturated carbocycles. The number of hydrogen-bond donors (Lipinski definition) is 1. The molecule has 3 unspecified atom stereocenters. The van der Waals surface area contributed by atoms with E-state index in [4.69, 9.17) is 10.5 Å². The molecule has 1 aliphatic carbocycles. The van der Waals surface area contributed by atoms with Gasteiger partial charge in [0.25, 0.3) is 0 Å². The molecule has 1 heterocycles. The predicted octanol–water partition coefficient (Wildman–Crippen LogP) is 1.92. The van der Waals surface area contributed by atoms with Crippen molar-refractivity contribution in [1.82, 2.24) is 4.90 Å². The van der Waals surface area contributed by atoms with Crippen molar-refractivity contribution in [3.63, 3.8) is 0 Å². The van der Waals surface area contributed by atoms with Crippen molar-refractivity contribution < 1.29 is 9.53 Å². The second kappa shape index (κ2) is 7.25.